The third-order valence-electron chi connectivity index (χ3n) is 6.81. The number of hydrogen-bond donors (Lipinski definition) is 0. The van der Waals surface area contributed by atoms with E-state index in [4.69, 9.17) is 32.9 Å². The van der Waals surface area contributed by atoms with Gasteiger partial charge in [0.05, 0.1) is 26.8 Å². The lowest BCUT2D eigenvalue weighted by atomic mass is 9.86. The molecular weight excluding hydrogens is 531 g/mol. The highest BCUT2D eigenvalue weighted by Crippen LogP contribution is 2.37. The lowest BCUT2D eigenvalue weighted by Gasteiger charge is -2.27. The van der Waals surface area contributed by atoms with Crippen LogP contribution in [0.3, 0.4) is 0 Å². The second kappa shape index (κ2) is 11.6. The molecule has 0 saturated carbocycles. The van der Waals surface area contributed by atoms with Crippen LogP contribution in [0.15, 0.2) is 72.8 Å². The molecule has 198 valence electrons. The van der Waals surface area contributed by atoms with Gasteiger partial charge in [0.15, 0.2) is 6.61 Å². The van der Waals surface area contributed by atoms with Crippen molar-refractivity contribution in [3.63, 3.8) is 0 Å². The van der Waals surface area contributed by atoms with Crippen molar-refractivity contribution in [3.05, 3.63) is 105 Å². The molecule has 5 nitrogen and oxygen atoms in total. The van der Waals surface area contributed by atoms with Crippen molar-refractivity contribution in [1.82, 2.24) is 4.98 Å². The van der Waals surface area contributed by atoms with Crippen molar-refractivity contribution in [2.45, 2.75) is 39.2 Å². The zero-order chi connectivity index (χ0) is 27.5. The Bertz CT molecular complexity index is 1580. The molecule has 39 heavy (non-hydrogen) atoms. The molecular formula is C32H28Cl2N2O3. The molecule has 0 fully saturated rings. The van der Waals surface area contributed by atoms with Crippen molar-refractivity contribution in [2.24, 2.45) is 0 Å². The molecule has 1 heterocycles. The number of aromatic nitrogens is 1. The molecule has 3 aromatic carbocycles. The highest BCUT2D eigenvalue weighted by molar-refractivity contribution is 6.42. The highest BCUT2D eigenvalue weighted by atomic mass is 35.5. The van der Waals surface area contributed by atoms with Crippen LogP contribution in [0.4, 0.5) is 5.69 Å². The van der Waals surface area contributed by atoms with Gasteiger partial charge < -0.3 is 9.64 Å². The molecule has 5 rings (SSSR count). The van der Waals surface area contributed by atoms with Gasteiger partial charge in [0.1, 0.15) is 0 Å². The summed E-state index contributed by atoms with van der Waals surface area (Å²) >= 11 is 12.4. The van der Waals surface area contributed by atoms with Gasteiger partial charge in [-0.1, -0.05) is 65.7 Å². The zero-order valence-corrected chi connectivity index (χ0v) is 23.3. The highest BCUT2D eigenvalue weighted by Gasteiger charge is 2.27. The van der Waals surface area contributed by atoms with E-state index in [0.717, 1.165) is 40.9 Å². The third-order valence-corrected chi connectivity index (χ3v) is 7.54. The van der Waals surface area contributed by atoms with Gasteiger partial charge in [-0.15, -0.1) is 0 Å². The largest absolute Gasteiger partial charge is 0.452 e. The molecule has 0 spiro atoms. The molecule has 0 aliphatic heterocycles. The maximum Gasteiger partial charge on any atom is 0.339 e. The van der Waals surface area contributed by atoms with Crippen LogP contribution in [0.25, 0.3) is 22.6 Å². The standard InChI is InChI=1S/C32H28Cl2N2O3/c1-20(2)36(23-10-4-3-5-11-23)29(37)19-39-32(38)30-24-12-6-7-14-28(24)35-31-22(9-8-13-25(30)31)17-21-15-16-26(33)27(34)18-21/h3-7,10-12,14-18,20H,8-9,13,19H2,1-2H3. The van der Waals surface area contributed by atoms with E-state index < -0.39 is 5.97 Å². The fraction of sp³-hybridized carbons (Fsp3) is 0.219. The molecule has 0 bridgehead atoms. The smallest absolute Gasteiger partial charge is 0.339 e. The Balaban J connectivity index is 1.50. The first-order valence-electron chi connectivity index (χ1n) is 13.0. The Kier molecular flexibility index (Phi) is 8.01. The second-order valence-corrected chi connectivity index (χ2v) is 10.6. The van der Waals surface area contributed by atoms with Crippen LogP contribution in [0.1, 0.15) is 53.9 Å². The van der Waals surface area contributed by atoms with E-state index in [1.807, 2.05) is 86.7 Å². The van der Waals surface area contributed by atoms with Gasteiger partial charge in [0.25, 0.3) is 5.91 Å². The summed E-state index contributed by atoms with van der Waals surface area (Å²) in [6.45, 7) is 3.51. The van der Waals surface area contributed by atoms with E-state index in [1.54, 1.807) is 11.0 Å². The predicted octanol–water partition coefficient (Wildman–Crippen LogP) is 8.02. The number of fused-ring (bicyclic) bond motifs is 2. The molecule has 0 saturated heterocycles. The number of pyridine rings is 1. The van der Waals surface area contributed by atoms with Crippen molar-refractivity contribution < 1.29 is 14.3 Å². The minimum absolute atomic E-state index is 0.0952. The Hall–Kier alpha value is -3.67. The summed E-state index contributed by atoms with van der Waals surface area (Å²) < 4.78 is 5.69. The molecule has 1 amide bonds. The molecule has 1 aliphatic rings. The number of allylic oxidation sites excluding steroid dienone is 1. The molecule has 7 heteroatoms. The van der Waals surface area contributed by atoms with E-state index in [2.05, 4.69) is 0 Å². The number of para-hydroxylation sites is 2. The summed E-state index contributed by atoms with van der Waals surface area (Å²) in [5, 5.41) is 1.69. The van der Waals surface area contributed by atoms with Gasteiger partial charge in [0, 0.05) is 17.1 Å². The first-order chi connectivity index (χ1) is 18.8. The Morgan fingerprint density at radius 1 is 0.974 bits per heavy atom. The molecule has 0 radical (unpaired) electrons. The predicted molar refractivity (Wildman–Crippen MR) is 158 cm³/mol. The maximum atomic E-state index is 13.6. The third kappa shape index (κ3) is 5.70. The molecule has 0 N–H and O–H groups in total. The summed E-state index contributed by atoms with van der Waals surface area (Å²) in [6, 6.07) is 22.3. The van der Waals surface area contributed by atoms with Crippen LogP contribution >= 0.6 is 23.2 Å². The number of amides is 1. The number of carbonyl (C=O) groups excluding carboxylic acids is 2. The van der Waals surface area contributed by atoms with Crippen molar-refractivity contribution >= 4 is 63.3 Å². The van der Waals surface area contributed by atoms with E-state index in [9.17, 15) is 9.59 Å². The van der Waals surface area contributed by atoms with E-state index in [1.165, 1.54) is 0 Å². The number of benzene rings is 3. The Morgan fingerprint density at radius 2 is 1.72 bits per heavy atom. The number of hydrogen-bond acceptors (Lipinski definition) is 4. The number of halogens is 2. The lowest BCUT2D eigenvalue weighted by molar-refractivity contribution is -0.122. The SMILES string of the molecule is CC(C)N(C(=O)COC(=O)c1c2c(nc3ccccc13)C(=Cc1ccc(Cl)c(Cl)c1)CCC2)c1ccccc1. The van der Waals surface area contributed by atoms with Crippen LogP contribution in [0.2, 0.25) is 10.0 Å². The van der Waals surface area contributed by atoms with Gasteiger partial charge in [-0.25, -0.2) is 9.78 Å². The quantitative estimate of drug-likeness (QED) is 0.225. The second-order valence-electron chi connectivity index (χ2n) is 9.80. The average molecular weight is 559 g/mol. The normalized spacial score (nSPS) is 13.9. The number of rotatable bonds is 6. The summed E-state index contributed by atoms with van der Waals surface area (Å²) in [6.07, 6.45) is 4.40. The minimum Gasteiger partial charge on any atom is -0.452 e. The fourth-order valence-electron chi connectivity index (χ4n) is 5.10. The van der Waals surface area contributed by atoms with Crippen molar-refractivity contribution in [1.29, 1.82) is 0 Å². The minimum atomic E-state index is -0.522. The number of esters is 1. The number of anilines is 1. The van der Waals surface area contributed by atoms with Gasteiger partial charge >= 0.3 is 5.97 Å². The van der Waals surface area contributed by atoms with Gasteiger partial charge in [0.2, 0.25) is 0 Å². The fourth-order valence-corrected chi connectivity index (χ4v) is 5.41. The van der Waals surface area contributed by atoms with E-state index in [0.29, 0.717) is 32.9 Å². The molecule has 4 aromatic rings. The van der Waals surface area contributed by atoms with E-state index in [-0.39, 0.29) is 18.6 Å². The van der Waals surface area contributed by atoms with Gasteiger partial charge in [-0.2, -0.15) is 0 Å². The zero-order valence-electron chi connectivity index (χ0n) is 21.8. The summed E-state index contributed by atoms with van der Waals surface area (Å²) in [7, 11) is 0. The molecule has 1 aromatic heterocycles. The van der Waals surface area contributed by atoms with Crippen LogP contribution < -0.4 is 4.90 Å². The number of nitrogens with zero attached hydrogens (tertiary/aromatic N) is 2. The molecule has 0 atom stereocenters. The van der Waals surface area contributed by atoms with Crippen molar-refractivity contribution in [3.8, 4) is 0 Å². The maximum absolute atomic E-state index is 13.6. The lowest BCUT2D eigenvalue weighted by Crippen LogP contribution is -2.40. The number of ether oxygens (including phenoxy) is 1. The van der Waals surface area contributed by atoms with E-state index >= 15 is 0 Å². The van der Waals surface area contributed by atoms with Crippen LogP contribution in [0.5, 0.6) is 0 Å². The summed E-state index contributed by atoms with van der Waals surface area (Å²) in [5.41, 5.74) is 5.47. The van der Waals surface area contributed by atoms with Gasteiger partial charge in [-0.05, 0) is 86.2 Å². The van der Waals surface area contributed by atoms with Crippen LogP contribution in [0, 0.1) is 0 Å². The van der Waals surface area contributed by atoms with Crippen LogP contribution in [-0.4, -0.2) is 29.5 Å². The Labute approximate surface area is 238 Å². The first kappa shape index (κ1) is 26.9. The molecule has 0 unspecified atom stereocenters. The first-order valence-corrected chi connectivity index (χ1v) is 13.7. The summed E-state index contributed by atoms with van der Waals surface area (Å²) in [4.78, 5) is 33.4. The monoisotopic (exact) mass is 558 g/mol. The van der Waals surface area contributed by atoms with Crippen molar-refractivity contribution in [2.75, 3.05) is 11.5 Å². The Morgan fingerprint density at radius 3 is 2.46 bits per heavy atom. The van der Waals surface area contributed by atoms with Gasteiger partial charge in [-0.3, -0.25) is 4.79 Å². The molecule has 1 aliphatic carbocycles. The average Bonchev–Trinajstić information content (AvgIpc) is 2.93. The van der Waals surface area contributed by atoms with Crippen LogP contribution in [-0.2, 0) is 16.0 Å². The number of carbonyl (C=O) groups is 2. The topological polar surface area (TPSA) is 59.5 Å². The summed E-state index contributed by atoms with van der Waals surface area (Å²) in [5.74, 6) is -0.803.